The molecule has 0 fully saturated rings. The number of amides is 1. The Morgan fingerprint density at radius 1 is 1.21 bits per heavy atom. The van der Waals surface area contributed by atoms with E-state index in [-0.39, 0.29) is 26.3 Å². The Kier molecular flexibility index (Phi) is 5.61. The predicted molar refractivity (Wildman–Crippen MR) is 91.3 cm³/mol. The zero-order chi connectivity index (χ0) is 17.9. The van der Waals surface area contributed by atoms with Crippen molar-refractivity contribution in [2.75, 3.05) is 0 Å². The van der Waals surface area contributed by atoms with E-state index in [0.717, 1.165) is 0 Å². The van der Waals surface area contributed by atoms with Gasteiger partial charge in [0.05, 0.1) is 21.7 Å². The number of nitro groups is 1. The zero-order valence-electron chi connectivity index (χ0n) is 11.7. The number of phenols is 1. The summed E-state index contributed by atoms with van der Waals surface area (Å²) in [4.78, 5) is 22.1. The second-order valence-electron chi connectivity index (χ2n) is 4.45. The molecule has 10 heteroatoms. The smallest absolute Gasteiger partial charge is 0.288 e. The van der Waals surface area contributed by atoms with Crippen LogP contribution in [0.4, 0.5) is 5.69 Å². The minimum Gasteiger partial charge on any atom is -0.506 e. The normalized spacial score (nSPS) is 10.8. The fourth-order valence-electron chi connectivity index (χ4n) is 1.71. The summed E-state index contributed by atoms with van der Waals surface area (Å²) in [6.45, 7) is 0. The van der Waals surface area contributed by atoms with Crippen molar-refractivity contribution in [1.82, 2.24) is 5.43 Å². The third-order valence-electron chi connectivity index (χ3n) is 2.82. The van der Waals surface area contributed by atoms with Gasteiger partial charge in [-0.25, -0.2) is 5.43 Å². The molecule has 2 N–H and O–H groups in total. The highest BCUT2D eigenvalue weighted by Crippen LogP contribution is 2.31. The molecule has 0 heterocycles. The molecule has 1 amide bonds. The molecule has 0 bridgehead atoms. The summed E-state index contributed by atoms with van der Waals surface area (Å²) in [5, 5.41) is 24.3. The van der Waals surface area contributed by atoms with Crippen molar-refractivity contribution in [3.05, 3.63) is 66.6 Å². The van der Waals surface area contributed by atoms with Crippen LogP contribution >= 0.6 is 34.8 Å². The molecule has 0 unspecified atom stereocenters. The van der Waals surface area contributed by atoms with E-state index < -0.39 is 16.6 Å². The van der Waals surface area contributed by atoms with Crippen LogP contribution in [0.25, 0.3) is 0 Å². The average molecular weight is 389 g/mol. The van der Waals surface area contributed by atoms with Gasteiger partial charge in [0.1, 0.15) is 10.8 Å². The van der Waals surface area contributed by atoms with Gasteiger partial charge in [-0.15, -0.1) is 0 Å². The molecular formula is C14H8Cl3N3O4. The Hall–Kier alpha value is -2.35. The largest absolute Gasteiger partial charge is 0.506 e. The van der Waals surface area contributed by atoms with Crippen LogP contribution in [-0.2, 0) is 0 Å². The van der Waals surface area contributed by atoms with Gasteiger partial charge in [0.25, 0.3) is 11.6 Å². The number of hydrogen-bond donors (Lipinski definition) is 2. The molecule has 0 aliphatic rings. The number of nitro benzene ring substituents is 1. The van der Waals surface area contributed by atoms with Gasteiger partial charge in [0, 0.05) is 16.7 Å². The van der Waals surface area contributed by atoms with E-state index in [1.807, 2.05) is 0 Å². The van der Waals surface area contributed by atoms with Gasteiger partial charge in [0.2, 0.25) is 0 Å². The van der Waals surface area contributed by atoms with Crippen LogP contribution < -0.4 is 5.43 Å². The van der Waals surface area contributed by atoms with Gasteiger partial charge in [0.15, 0.2) is 0 Å². The van der Waals surface area contributed by atoms with Crippen LogP contribution in [0.1, 0.15) is 15.9 Å². The Labute approximate surface area is 150 Å². The van der Waals surface area contributed by atoms with E-state index in [1.54, 1.807) is 0 Å². The molecule has 2 rings (SSSR count). The van der Waals surface area contributed by atoms with E-state index in [2.05, 4.69) is 10.5 Å². The molecule has 0 aromatic heterocycles. The Balaban J connectivity index is 2.16. The van der Waals surface area contributed by atoms with Crippen molar-refractivity contribution in [2.24, 2.45) is 5.10 Å². The standard InChI is InChI=1S/C14H8Cl3N3O4/c15-8-4-9(13(21)11(17)5-8)14(22)19-18-6-7-1-2-10(16)12(3-7)20(23)24/h1-6,21H,(H,19,22). The van der Waals surface area contributed by atoms with Crippen molar-refractivity contribution in [3.63, 3.8) is 0 Å². The lowest BCUT2D eigenvalue weighted by molar-refractivity contribution is -0.384. The first kappa shape index (κ1) is 18.0. The summed E-state index contributed by atoms with van der Waals surface area (Å²) in [5.41, 5.74) is 2.06. The highest BCUT2D eigenvalue weighted by molar-refractivity contribution is 6.36. The summed E-state index contributed by atoms with van der Waals surface area (Å²) in [5.74, 6) is -1.19. The van der Waals surface area contributed by atoms with E-state index in [1.165, 1.54) is 36.5 Å². The van der Waals surface area contributed by atoms with Gasteiger partial charge in [-0.3, -0.25) is 14.9 Å². The lowest BCUT2D eigenvalue weighted by Gasteiger charge is -2.05. The molecule has 0 spiro atoms. The molecule has 0 saturated carbocycles. The lowest BCUT2D eigenvalue weighted by atomic mass is 10.2. The number of rotatable bonds is 4. The molecule has 0 aliphatic heterocycles. The minimum absolute atomic E-state index is 0.0142. The maximum absolute atomic E-state index is 12.0. The topological polar surface area (TPSA) is 105 Å². The first-order valence-corrected chi connectivity index (χ1v) is 7.38. The Morgan fingerprint density at radius 3 is 2.58 bits per heavy atom. The van der Waals surface area contributed by atoms with Crippen molar-refractivity contribution in [2.45, 2.75) is 0 Å². The fourth-order valence-corrected chi connectivity index (χ4v) is 2.39. The fraction of sp³-hybridized carbons (Fsp3) is 0. The third kappa shape index (κ3) is 4.14. The van der Waals surface area contributed by atoms with Gasteiger partial charge in [-0.2, -0.15) is 5.10 Å². The summed E-state index contributed by atoms with van der Waals surface area (Å²) in [6.07, 6.45) is 1.18. The van der Waals surface area contributed by atoms with Crippen LogP contribution in [-0.4, -0.2) is 22.2 Å². The van der Waals surface area contributed by atoms with Gasteiger partial charge >= 0.3 is 0 Å². The number of halogens is 3. The number of phenolic OH excluding ortho intramolecular Hbond substituents is 1. The van der Waals surface area contributed by atoms with Crippen LogP contribution in [0.15, 0.2) is 35.4 Å². The molecule has 0 aliphatic carbocycles. The van der Waals surface area contributed by atoms with E-state index in [9.17, 15) is 20.0 Å². The number of benzene rings is 2. The monoisotopic (exact) mass is 387 g/mol. The maximum Gasteiger partial charge on any atom is 0.288 e. The number of nitrogens with zero attached hydrogens (tertiary/aromatic N) is 2. The maximum atomic E-state index is 12.0. The summed E-state index contributed by atoms with van der Waals surface area (Å²) >= 11 is 17.2. The molecule has 124 valence electrons. The second-order valence-corrected chi connectivity index (χ2v) is 5.70. The average Bonchev–Trinajstić information content (AvgIpc) is 2.52. The van der Waals surface area contributed by atoms with Gasteiger partial charge in [-0.1, -0.05) is 40.9 Å². The van der Waals surface area contributed by atoms with Crippen LogP contribution in [0, 0.1) is 10.1 Å². The number of carbonyl (C=O) groups excluding carboxylic acids is 1. The van der Waals surface area contributed by atoms with Crippen molar-refractivity contribution in [1.29, 1.82) is 0 Å². The summed E-state index contributed by atoms with van der Waals surface area (Å²) < 4.78 is 0. The molecule has 0 atom stereocenters. The highest BCUT2D eigenvalue weighted by Gasteiger charge is 2.15. The quantitative estimate of drug-likeness (QED) is 0.469. The second kappa shape index (κ2) is 7.48. The van der Waals surface area contributed by atoms with Gasteiger partial charge in [-0.05, 0) is 18.2 Å². The molecule has 0 saturated heterocycles. The molecular weight excluding hydrogens is 381 g/mol. The van der Waals surface area contributed by atoms with Crippen LogP contribution in [0.3, 0.4) is 0 Å². The molecule has 0 radical (unpaired) electrons. The number of hydrazone groups is 1. The highest BCUT2D eigenvalue weighted by atomic mass is 35.5. The SMILES string of the molecule is O=C(NN=Cc1ccc(Cl)c([N+](=O)[O-])c1)c1cc(Cl)cc(Cl)c1O. The van der Waals surface area contributed by atoms with Crippen molar-refractivity contribution >= 4 is 52.6 Å². The van der Waals surface area contributed by atoms with Crippen LogP contribution in [0.5, 0.6) is 5.75 Å². The number of aromatic hydroxyl groups is 1. The predicted octanol–water partition coefficient (Wildman–Crippen LogP) is 4.02. The Morgan fingerprint density at radius 2 is 1.92 bits per heavy atom. The summed E-state index contributed by atoms with van der Waals surface area (Å²) in [7, 11) is 0. The number of carbonyl (C=O) groups is 1. The van der Waals surface area contributed by atoms with Crippen molar-refractivity contribution < 1.29 is 14.8 Å². The first-order valence-electron chi connectivity index (χ1n) is 6.25. The lowest BCUT2D eigenvalue weighted by Crippen LogP contribution is -2.17. The molecule has 7 nitrogen and oxygen atoms in total. The Bertz CT molecular complexity index is 855. The minimum atomic E-state index is -0.753. The first-order chi connectivity index (χ1) is 11.3. The molecule has 2 aromatic rings. The molecule has 24 heavy (non-hydrogen) atoms. The zero-order valence-corrected chi connectivity index (χ0v) is 13.9. The van der Waals surface area contributed by atoms with Crippen LogP contribution in [0.2, 0.25) is 15.1 Å². The third-order valence-corrected chi connectivity index (χ3v) is 3.65. The number of hydrogen-bond acceptors (Lipinski definition) is 5. The molecule has 2 aromatic carbocycles. The number of nitrogens with one attached hydrogen (secondary N) is 1. The summed E-state index contributed by atoms with van der Waals surface area (Å²) in [6, 6.07) is 6.53. The van der Waals surface area contributed by atoms with E-state index >= 15 is 0 Å². The van der Waals surface area contributed by atoms with E-state index in [4.69, 9.17) is 34.8 Å². The van der Waals surface area contributed by atoms with Gasteiger partial charge < -0.3 is 5.11 Å². The van der Waals surface area contributed by atoms with Crippen molar-refractivity contribution in [3.8, 4) is 5.75 Å². The van der Waals surface area contributed by atoms with E-state index in [0.29, 0.717) is 5.56 Å².